The molecular weight excluding hydrogens is 420 g/mol. The Hall–Kier alpha value is -2.35. The van der Waals surface area contributed by atoms with Gasteiger partial charge in [-0.05, 0) is 36.8 Å². The van der Waals surface area contributed by atoms with Crippen LogP contribution in [0.5, 0.6) is 0 Å². The smallest absolute Gasteiger partial charge is 0.220 e. The van der Waals surface area contributed by atoms with E-state index in [-0.39, 0.29) is 5.91 Å². The molecule has 1 aromatic heterocycles. The van der Waals surface area contributed by atoms with Crippen LogP contribution < -0.4 is 5.32 Å². The van der Waals surface area contributed by atoms with Crippen molar-refractivity contribution >= 4 is 29.3 Å². The van der Waals surface area contributed by atoms with Crippen molar-refractivity contribution in [2.24, 2.45) is 0 Å². The third-order valence-electron chi connectivity index (χ3n) is 4.48. The van der Waals surface area contributed by atoms with Crippen molar-refractivity contribution in [3.8, 4) is 5.69 Å². The average molecular weight is 445 g/mol. The second kappa shape index (κ2) is 11.2. The van der Waals surface area contributed by atoms with E-state index in [1.54, 1.807) is 18.9 Å². The van der Waals surface area contributed by atoms with Gasteiger partial charge in [0, 0.05) is 43.0 Å². The fourth-order valence-corrected chi connectivity index (χ4v) is 3.90. The van der Waals surface area contributed by atoms with E-state index in [4.69, 9.17) is 16.3 Å². The number of benzene rings is 2. The summed E-state index contributed by atoms with van der Waals surface area (Å²) in [6.45, 7) is 3.06. The third kappa shape index (κ3) is 6.32. The molecular formula is C22H25ClN4O2S. The molecule has 3 aromatic rings. The predicted molar refractivity (Wildman–Crippen MR) is 120 cm³/mol. The molecule has 0 bridgehead atoms. The van der Waals surface area contributed by atoms with Crippen LogP contribution in [-0.4, -0.2) is 40.9 Å². The zero-order valence-corrected chi connectivity index (χ0v) is 18.7. The van der Waals surface area contributed by atoms with Gasteiger partial charge < -0.3 is 10.1 Å². The summed E-state index contributed by atoms with van der Waals surface area (Å²) >= 11 is 7.68. The first-order valence-corrected chi connectivity index (χ1v) is 11.1. The number of carbonyl (C=O) groups excluding carboxylic acids is 1. The zero-order valence-electron chi connectivity index (χ0n) is 17.1. The number of ether oxygens (including phenoxy) is 1. The fourth-order valence-electron chi connectivity index (χ4n) is 2.84. The molecule has 0 aliphatic rings. The molecule has 0 unspecified atom stereocenters. The van der Waals surface area contributed by atoms with Crippen LogP contribution in [0, 0.1) is 6.92 Å². The van der Waals surface area contributed by atoms with E-state index in [1.165, 1.54) is 11.1 Å². The molecule has 0 saturated carbocycles. The summed E-state index contributed by atoms with van der Waals surface area (Å²) in [5.41, 5.74) is 3.38. The summed E-state index contributed by atoms with van der Waals surface area (Å²) in [6, 6.07) is 16.0. The van der Waals surface area contributed by atoms with Gasteiger partial charge >= 0.3 is 0 Å². The standard InChI is InChI=1S/C22H25ClN4O2S/c1-16-3-5-17(6-4-16)15-30-22-26-25-20(11-12-21(28)24-13-14-29-2)27(22)19-9-7-18(23)8-10-19/h3-10H,11-15H2,1-2H3,(H,24,28). The van der Waals surface area contributed by atoms with E-state index in [0.29, 0.717) is 31.0 Å². The Balaban J connectivity index is 1.75. The van der Waals surface area contributed by atoms with E-state index in [9.17, 15) is 4.79 Å². The van der Waals surface area contributed by atoms with Crippen LogP contribution in [-0.2, 0) is 21.7 Å². The Morgan fingerprint density at radius 1 is 1.13 bits per heavy atom. The molecule has 0 atom stereocenters. The van der Waals surface area contributed by atoms with Gasteiger partial charge in [-0.3, -0.25) is 9.36 Å². The van der Waals surface area contributed by atoms with Crippen LogP contribution in [0.1, 0.15) is 23.4 Å². The minimum absolute atomic E-state index is 0.0356. The van der Waals surface area contributed by atoms with Gasteiger partial charge in [0.1, 0.15) is 5.82 Å². The van der Waals surface area contributed by atoms with E-state index >= 15 is 0 Å². The van der Waals surface area contributed by atoms with Crippen LogP contribution in [0.3, 0.4) is 0 Å². The van der Waals surface area contributed by atoms with Crippen LogP contribution in [0.2, 0.25) is 5.02 Å². The molecule has 8 heteroatoms. The normalized spacial score (nSPS) is 10.9. The van der Waals surface area contributed by atoms with Gasteiger partial charge in [-0.1, -0.05) is 53.2 Å². The van der Waals surface area contributed by atoms with Crippen molar-refractivity contribution in [3.63, 3.8) is 0 Å². The average Bonchev–Trinajstić information content (AvgIpc) is 3.15. The minimum atomic E-state index is -0.0356. The molecule has 6 nitrogen and oxygen atoms in total. The Morgan fingerprint density at radius 3 is 2.57 bits per heavy atom. The summed E-state index contributed by atoms with van der Waals surface area (Å²) in [4.78, 5) is 12.1. The summed E-state index contributed by atoms with van der Waals surface area (Å²) in [7, 11) is 1.61. The van der Waals surface area contributed by atoms with Crippen molar-refractivity contribution in [1.82, 2.24) is 20.1 Å². The maximum absolute atomic E-state index is 12.1. The highest BCUT2D eigenvalue weighted by Gasteiger charge is 2.16. The second-order valence-corrected chi connectivity index (χ2v) is 8.21. The first-order chi connectivity index (χ1) is 14.6. The number of hydrogen-bond donors (Lipinski definition) is 1. The van der Waals surface area contributed by atoms with E-state index in [0.717, 1.165) is 22.4 Å². The highest BCUT2D eigenvalue weighted by molar-refractivity contribution is 7.98. The molecule has 0 aliphatic carbocycles. The molecule has 158 valence electrons. The SMILES string of the molecule is COCCNC(=O)CCc1nnc(SCc2ccc(C)cc2)n1-c1ccc(Cl)cc1. The Morgan fingerprint density at radius 2 is 1.87 bits per heavy atom. The van der Waals surface area contributed by atoms with Gasteiger partial charge in [0.25, 0.3) is 0 Å². The lowest BCUT2D eigenvalue weighted by molar-refractivity contribution is -0.121. The molecule has 2 aromatic carbocycles. The number of nitrogens with one attached hydrogen (secondary N) is 1. The van der Waals surface area contributed by atoms with Crippen molar-refractivity contribution in [1.29, 1.82) is 0 Å². The van der Waals surface area contributed by atoms with Crippen molar-refractivity contribution in [2.45, 2.75) is 30.7 Å². The molecule has 0 aliphatic heterocycles. The third-order valence-corrected chi connectivity index (χ3v) is 5.73. The molecule has 0 saturated heterocycles. The molecule has 3 rings (SSSR count). The largest absolute Gasteiger partial charge is 0.383 e. The lowest BCUT2D eigenvalue weighted by Crippen LogP contribution is -2.27. The van der Waals surface area contributed by atoms with Gasteiger partial charge in [-0.2, -0.15) is 0 Å². The fraction of sp³-hybridized carbons (Fsp3) is 0.318. The van der Waals surface area contributed by atoms with Crippen LogP contribution in [0.4, 0.5) is 0 Å². The van der Waals surface area contributed by atoms with Gasteiger partial charge in [0.05, 0.1) is 6.61 Å². The Bertz CT molecular complexity index is 958. The Labute approximate surface area is 186 Å². The first-order valence-electron chi connectivity index (χ1n) is 9.71. The summed E-state index contributed by atoms with van der Waals surface area (Å²) in [5.74, 6) is 1.49. The quantitative estimate of drug-likeness (QED) is 0.374. The maximum Gasteiger partial charge on any atom is 0.220 e. The second-order valence-electron chi connectivity index (χ2n) is 6.83. The topological polar surface area (TPSA) is 69.0 Å². The number of amides is 1. The molecule has 30 heavy (non-hydrogen) atoms. The first kappa shape index (κ1) is 22.3. The van der Waals surface area contributed by atoms with E-state index in [1.807, 2.05) is 28.8 Å². The van der Waals surface area contributed by atoms with Crippen LogP contribution >= 0.6 is 23.4 Å². The molecule has 0 spiro atoms. The van der Waals surface area contributed by atoms with Gasteiger partial charge in [-0.15, -0.1) is 10.2 Å². The lowest BCUT2D eigenvalue weighted by Gasteiger charge is -2.11. The number of rotatable bonds is 10. The van der Waals surface area contributed by atoms with Gasteiger partial charge in [0.15, 0.2) is 5.16 Å². The molecule has 0 fully saturated rings. The lowest BCUT2D eigenvalue weighted by atomic mass is 10.2. The van der Waals surface area contributed by atoms with Crippen molar-refractivity contribution in [3.05, 3.63) is 70.5 Å². The van der Waals surface area contributed by atoms with Crippen LogP contribution in [0.25, 0.3) is 5.69 Å². The number of carbonyl (C=O) groups is 1. The number of halogens is 1. The van der Waals surface area contributed by atoms with Crippen molar-refractivity contribution in [2.75, 3.05) is 20.3 Å². The highest BCUT2D eigenvalue weighted by Crippen LogP contribution is 2.26. The number of thioether (sulfide) groups is 1. The summed E-state index contributed by atoms with van der Waals surface area (Å²) in [6.07, 6.45) is 0.817. The van der Waals surface area contributed by atoms with Gasteiger partial charge in [-0.25, -0.2) is 0 Å². The molecule has 1 amide bonds. The van der Waals surface area contributed by atoms with Gasteiger partial charge in [0.2, 0.25) is 5.91 Å². The molecule has 1 heterocycles. The van der Waals surface area contributed by atoms with E-state index in [2.05, 4.69) is 46.7 Å². The zero-order chi connectivity index (χ0) is 21.3. The number of aryl methyl sites for hydroxylation is 2. The van der Waals surface area contributed by atoms with Crippen molar-refractivity contribution < 1.29 is 9.53 Å². The maximum atomic E-state index is 12.1. The van der Waals surface area contributed by atoms with E-state index < -0.39 is 0 Å². The highest BCUT2D eigenvalue weighted by atomic mass is 35.5. The molecule has 1 N–H and O–H groups in total. The minimum Gasteiger partial charge on any atom is -0.383 e. The molecule has 0 radical (unpaired) electrons. The summed E-state index contributed by atoms with van der Waals surface area (Å²) in [5, 5.41) is 13.0. The number of methoxy groups -OCH3 is 1. The predicted octanol–water partition coefficient (Wildman–Crippen LogP) is 4.22. The number of aromatic nitrogens is 3. The Kier molecular flexibility index (Phi) is 8.30. The number of hydrogen-bond acceptors (Lipinski definition) is 5. The van der Waals surface area contributed by atoms with Crippen LogP contribution in [0.15, 0.2) is 53.7 Å². The summed E-state index contributed by atoms with van der Waals surface area (Å²) < 4.78 is 6.96. The number of nitrogens with zero attached hydrogens (tertiary/aromatic N) is 3. The monoisotopic (exact) mass is 444 g/mol.